The average molecular weight is 357 g/mol. The minimum Gasteiger partial charge on any atom is -0.481 e. The van der Waals surface area contributed by atoms with E-state index in [2.05, 4.69) is 5.32 Å². The van der Waals surface area contributed by atoms with Gasteiger partial charge in [-0.15, -0.1) is 0 Å². The van der Waals surface area contributed by atoms with Crippen molar-refractivity contribution in [2.24, 2.45) is 11.3 Å². The van der Waals surface area contributed by atoms with Gasteiger partial charge in [-0.3, -0.25) is 9.59 Å². The van der Waals surface area contributed by atoms with E-state index in [1.807, 2.05) is 0 Å². The Hall–Kier alpha value is -2.05. The monoisotopic (exact) mass is 357 g/mol. The summed E-state index contributed by atoms with van der Waals surface area (Å²) in [6, 6.07) is 4.25. The fraction of sp³-hybridized carbons (Fsp3) is 0.556. The molecule has 1 amide bonds. The number of benzene rings is 1. The van der Waals surface area contributed by atoms with Crippen LogP contribution in [0.15, 0.2) is 24.3 Å². The van der Waals surface area contributed by atoms with Crippen LogP contribution in [0.2, 0.25) is 0 Å². The zero-order chi connectivity index (χ0) is 18.8. The highest BCUT2D eigenvalue weighted by Gasteiger charge is 2.46. The molecule has 1 saturated carbocycles. The first-order valence-electron chi connectivity index (χ1n) is 8.25. The van der Waals surface area contributed by atoms with Crippen LogP contribution in [-0.4, -0.2) is 17.0 Å². The molecule has 4 nitrogen and oxygen atoms in total. The Bertz CT molecular complexity index is 651. The van der Waals surface area contributed by atoms with Gasteiger partial charge in [0, 0.05) is 6.42 Å². The number of aliphatic carboxylic acids is 1. The number of halogens is 3. The number of carbonyl (C=O) groups excluding carboxylic acids is 1. The van der Waals surface area contributed by atoms with Crippen LogP contribution in [0.1, 0.15) is 56.7 Å². The standard InChI is InChI=1S/C18H22F3NO3/c1-11(2)15(12-5-3-6-13(9-12)18(19,20)21)22-14(23)10-17(16(24)25)7-4-8-17/h3,5-6,9,11,15H,4,7-8,10H2,1-2H3,(H,22,23)(H,24,25). The van der Waals surface area contributed by atoms with E-state index in [1.165, 1.54) is 12.1 Å². The number of amides is 1. The number of hydrogen-bond acceptors (Lipinski definition) is 2. The summed E-state index contributed by atoms with van der Waals surface area (Å²) in [5.74, 6) is -1.58. The highest BCUT2D eigenvalue weighted by molar-refractivity contribution is 5.85. The van der Waals surface area contributed by atoms with Crippen molar-refractivity contribution in [3.05, 3.63) is 35.4 Å². The molecule has 1 atom stereocenters. The quantitative estimate of drug-likeness (QED) is 0.803. The molecule has 0 heterocycles. The lowest BCUT2D eigenvalue weighted by atomic mass is 9.66. The molecule has 0 radical (unpaired) electrons. The molecule has 1 unspecified atom stereocenters. The van der Waals surface area contributed by atoms with Gasteiger partial charge in [-0.05, 0) is 36.5 Å². The van der Waals surface area contributed by atoms with E-state index in [0.717, 1.165) is 18.6 Å². The van der Waals surface area contributed by atoms with Crippen molar-refractivity contribution in [1.29, 1.82) is 0 Å². The maximum absolute atomic E-state index is 12.9. The molecule has 1 fully saturated rings. The lowest BCUT2D eigenvalue weighted by Crippen LogP contribution is -2.43. The highest BCUT2D eigenvalue weighted by Crippen LogP contribution is 2.44. The largest absolute Gasteiger partial charge is 0.481 e. The SMILES string of the molecule is CC(C)C(NC(=O)CC1(C(=O)O)CCC1)c1cccc(C(F)(F)F)c1. The van der Waals surface area contributed by atoms with E-state index < -0.39 is 35.1 Å². The van der Waals surface area contributed by atoms with Gasteiger partial charge in [0.2, 0.25) is 5.91 Å². The van der Waals surface area contributed by atoms with Crippen molar-refractivity contribution in [3.8, 4) is 0 Å². The number of carboxylic acids is 1. The first-order chi connectivity index (χ1) is 11.5. The summed E-state index contributed by atoms with van der Waals surface area (Å²) in [6.07, 6.45) is -2.94. The van der Waals surface area contributed by atoms with Crippen molar-refractivity contribution >= 4 is 11.9 Å². The summed E-state index contributed by atoms with van der Waals surface area (Å²) >= 11 is 0. The Kier molecular flexibility index (Phi) is 5.44. The Morgan fingerprint density at radius 1 is 1.28 bits per heavy atom. The third kappa shape index (κ3) is 4.32. The van der Waals surface area contributed by atoms with E-state index in [4.69, 9.17) is 0 Å². The molecular weight excluding hydrogens is 335 g/mol. The van der Waals surface area contributed by atoms with Crippen LogP contribution in [0.5, 0.6) is 0 Å². The normalized spacial score (nSPS) is 17.7. The fourth-order valence-corrected chi connectivity index (χ4v) is 3.14. The van der Waals surface area contributed by atoms with Crippen molar-refractivity contribution < 1.29 is 27.9 Å². The van der Waals surface area contributed by atoms with Gasteiger partial charge in [-0.2, -0.15) is 13.2 Å². The van der Waals surface area contributed by atoms with Crippen molar-refractivity contribution in [1.82, 2.24) is 5.32 Å². The Morgan fingerprint density at radius 3 is 2.36 bits per heavy atom. The van der Waals surface area contributed by atoms with Gasteiger partial charge in [0.1, 0.15) is 0 Å². The topological polar surface area (TPSA) is 66.4 Å². The predicted molar refractivity (Wildman–Crippen MR) is 85.7 cm³/mol. The van der Waals surface area contributed by atoms with Crippen LogP contribution < -0.4 is 5.32 Å². The van der Waals surface area contributed by atoms with Crippen LogP contribution in [0.3, 0.4) is 0 Å². The molecule has 25 heavy (non-hydrogen) atoms. The van der Waals surface area contributed by atoms with Gasteiger partial charge in [-0.1, -0.05) is 32.4 Å². The maximum atomic E-state index is 12.9. The number of nitrogens with one attached hydrogen (secondary N) is 1. The number of carbonyl (C=O) groups is 2. The molecule has 1 aliphatic carbocycles. The lowest BCUT2D eigenvalue weighted by molar-refractivity contribution is -0.157. The second kappa shape index (κ2) is 7.06. The third-order valence-corrected chi connectivity index (χ3v) is 4.82. The van der Waals surface area contributed by atoms with Gasteiger partial charge in [-0.25, -0.2) is 0 Å². The molecule has 0 spiro atoms. The van der Waals surface area contributed by atoms with E-state index in [1.54, 1.807) is 13.8 Å². The zero-order valence-electron chi connectivity index (χ0n) is 14.2. The van der Waals surface area contributed by atoms with Gasteiger partial charge >= 0.3 is 12.1 Å². The first-order valence-corrected chi connectivity index (χ1v) is 8.25. The zero-order valence-corrected chi connectivity index (χ0v) is 14.2. The van der Waals surface area contributed by atoms with Crippen LogP contribution in [0.25, 0.3) is 0 Å². The van der Waals surface area contributed by atoms with E-state index >= 15 is 0 Å². The molecule has 1 aromatic rings. The van der Waals surface area contributed by atoms with E-state index in [9.17, 15) is 27.9 Å². The molecule has 0 aromatic heterocycles. The molecule has 7 heteroatoms. The molecule has 2 rings (SSSR count). The Morgan fingerprint density at radius 2 is 1.92 bits per heavy atom. The Labute approximate surface area is 144 Å². The molecule has 2 N–H and O–H groups in total. The van der Waals surface area contributed by atoms with Gasteiger partial charge < -0.3 is 10.4 Å². The molecule has 1 aliphatic rings. The van der Waals surface area contributed by atoms with Crippen LogP contribution in [-0.2, 0) is 15.8 Å². The minimum absolute atomic E-state index is 0.144. The van der Waals surface area contributed by atoms with Crippen LogP contribution in [0, 0.1) is 11.3 Å². The average Bonchev–Trinajstić information content (AvgIpc) is 2.47. The van der Waals surface area contributed by atoms with E-state index in [0.29, 0.717) is 18.4 Å². The maximum Gasteiger partial charge on any atom is 0.416 e. The molecule has 138 valence electrons. The second-order valence-electron chi connectivity index (χ2n) is 7.03. The third-order valence-electron chi connectivity index (χ3n) is 4.82. The van der Waals surface area contributed by atoms with E-state index in [-0.39, 0.29) is 12.3 Å². The summed E-state index contributed by atoms with van der Waals surface area (Å²) in [6.45, 7) is 3.59. The van der Waals surface area contributed by atoms with Crippen LogP contribution >= 0.6 is 0 Å². The summed E-state index contributed by atoms with van der Waals surface area (Å²) in [4.78, 5) is 23.7. The van der Waals surface area contributed by atoms with Gasteiger partial charge in [0.25, 0.3) is 0 Å². The predicted octanol–water partition coefficient (Wildman–Crippen LogP) is 4.16. The van der Waals surface area contributed by atoms with Gasteiger partial charge in [0.05, 0.1) is 17.0 Å². The summed E-state index contributed by atoms with van der Waals surface area (Å²) in [7, 11) is 0. The summed E-state index contributed by atoms with van der Waals surface area (Å²) in [5, 5.41) is 12.0. The number of rotatable bonds is 6. The molecular formula is C18H22F3NO3. The molecule has 0 bridgehead atoms. The number of alkyl halides is 3. The molecule has 0 aliphatic heterocycles. The Balaban J connectivity index is 2.16. The molecule has 1 aromatic carbocycles. The number of carboxylic acid groups (broad SMARTS) is 1. The number of hydrogen-bond donors (Lipinski definition) is 2. The lowest BCUT2D eigenvalue weighted by Gasteiger charge is -2.37. The second-order valence-corrected chi connectivity index (χ2v) is 7.03. The van der Waals surface area contributed by atoms with Gasteiger partial charge in [0.15, 0.2) is 0 Å². The first kappa shape index (κ1) is 19.3. The highest BCUT2D eigenvalue weighted by atomic mass is 19.4. The minimum atomic E-state index is -4.46. The summed E-state index contributed by atoms with van der Waals surface area (Å²) in [5.41, 5.74) is -1.44. The smallest absolute Gasteiger partial charge is 0.416 e. The van der Waals surface area contributed by atoms with Crippen LogP contribution in [0.4, 0.5) is 13.2 Å². The molecule has 0 saturated heterocycles. The van der Waals surface area contributed by atoms with Crippen molar-refractivity contribution in [3.63, 3.8) is 0 Å². The van der Waals surface area contributed by atoms with Crippen molar-refractivity contribution in [2.45, 2.75) is 51.7 Å². The summed E-state index contributed by atoms with van der Waals surface area (Å²) < 4.78 is 38.7. The fourth-order valence-electron chi connectivity index (χ4n) is 3.14. The van der Waals surface area contributed by atoms with Crippen molar-refractivity contribution in [2.75, 3.05) is 0 Å².